The van der Waals surface area contributed by atoms with Gasteiger partial charge in [-0.2, -0.15) is 0 Å². The van der Waals surface area contributed by atoms with Crippen LogP contribution < -0.4 is 9.62 Å². The highest BCUT2D eigenvalue weighted by atomic mass is 35.5. The average molecular weight is 584 g/mol. The molecule has 2 amide bonds. The van der Waals surface area contributed by atoms with Gasteiger partial charge in [0.15, 0.2) is 0 Å². The molecule has 40 heavy (non-hydrogen) atoms. The van der Waals surface area contributed by atoms with Gasteiger partial charge in [0.05, 0.1) is 10.6 Å². The number of amides is 2. The molecule has 0 aliphatic carbocycles. The summed E-state index contributed by atoms with van der Waals surface area (Å²) in [5.41, 5.74) is 2.70. The van der Waals surface area contributed by atoms with Crippen molar-refractivity contribution < 1.29 is 18.0 Å². The zero-order valence-electron chi connectivity index (χ0n) is 23.7. The molecule has 0 saturated carbocycles. The third-order valence-electron chi connectivity index (χ3n) is 6.58. The quantitative estimate of drug-likeness (QED) is 0.295. The number of nitrogens with one attached hydrogen (secondary N) is 1. The number of hydrogen-bond acceptors (Lipinski definition) is 4. The number of carbonyl (C=O) groups is 2. The second-order valence-corrected chi connectivity index (χ2v) is 12.6. The molecule has 0 radical (unpaired) electrons. The molecular weight excluding hydrogens is 546 g/mol. The molecule has 0 fully saturated rings. The first kappa shape index (κ1) is 31.2. The molecule has 214 valence electrons. The first-order valence-electron chi connectivity index (χ1n) is 13.4. The van der Waals surface area contributed by atoms with Gasteiger partial charge in [0, 0.05) is 18.1 Å². The van der Waals surface area contributed by atoms with Crippen molar-refractivity contribution in [1.82, 2.24) is 10.2 Å². The standard InChI is InChI=1S/C31H38ClN3O4S/c1-6-28(31(37)33-19-22(2)3)34(20-25-10-8-7-9-11-25)30(36)21-35(29-17-14-26(32)18-24(29)5)40(38,39)27-15-12-23(4)13-16-27/h7-18,22,28H,6,19-21H2,1-5H3,(H,33,37)/t28-/m1/s1. The topological polar surface area (TPSA) is 86.8 Å². The third-order valence-corrected chi connectivity index (χ3v) is 8.59. The van der Waals surface area contributed by atoms with E-state index in [4.69, 9.17) is 11.6 Å². The normalized spacial score (nSPS) is 12.2. The lowest BCUT2D eigenvalue weighted by Crippen LogP contribution is -2.52. The van der Waals surface area contributed by atoms with Crippen molar-refractivity contribution in [3.8, 4) is 0 Å². The summed E-state index contributed by atoms with van der Waals surface area (Å²) in [5.74, 6) is -0.515. The Labute approximate surface area is 243 Å². The van der Waals surface area contributed by atoms with Crippen LogP contribution in [0.5, 0.6) is 0 Å². The van der Waals surface area contributed by atoms with E-state index in [9.17, 15) is 18.0 Å². The Morgan fingerprint density at radius 3 is 2.17 bits per heavy atom. The van der Waals surface area contributed by atoms with Crippen LogP contribution in [-0.4, -0.2) is 44.3 Å². The summed E-state index contributed by atoms with van der Waals surface area (Å²) in [6.45, 7) is 9.60. The Morgan fingerprint density at radius 1 is 0.950 bits per heavy atom. The average Bonchev–Trinajstić information content (AvgIpc) is 2.91. The number of nitrogens with zero attached hydrogens (tertiary/aromatic N) is 2. The largest absolute Gasteiger partial charge is 0.354 e. The van der Waals surface area contributed by atoms with Gasteiger partial charge in [0.1, 0.15) is 12.6 Å². The number of hydrogen-bond donors (Lipinski definition) is 1. The second kappa shape index (κ2) is 13.8. The van der Waals surface area contributed by atoms with Crippen LogP contribution in [0.3, 0.4) is 0 Å². The van der Waals surface area contributed by atoms with E-state index in [0.29, 0.717) is 29.2 Å². The number of anilines is 1. The van der Waals surface area contributed by atoms with Gasteiger partial charge in [-0.15, -0.1) is 0 Å². The number of benzene rings is 3. The van der Waals surface area contributed by atoms with E-state index < -0.39 is 28.5 Å². The second-order valence-electron chi connectivity index (χ2n) is 10.3. The van der Waals surface area contributed by atoms with E-state index in [1.807, 2.05) is 58.0 Å². The minimum absolute atomic E-state index is 0.0663. The number of aryl methyl sites for hydroxylation is 2. The highest BCUT2D eigenvalue weighted by Gasteiger charge is 2.34. The molecule has 0 aliphatic heterocycles. The Morgan fingerprint density at radius 2 is 1.60 bits per heavy atom. The van der Waals surface area contributed by atoms with Crippen molar-refractivity contribution in [2.45, 2.75) is 58.5 Å². The van der Waals surface area contributed by atoms with Crippen molar-refractivity contribution in [2.24, 2.45) is 5.92 Å². The molecule has 0 saturated heterocycles. The summed E-state index contributed by atoms with van der Waals surface area (Å²) >= 11 is 6.18. The van der Waals surface area contributed by atoms with E-state index in [-0.39, 0.29) is 23.3 Å². The van der Waals surface area contributed by atoms with Gasteiger partial charge < -0.3 is 10.2 Å². The maximum absolute atomic E-state index is 14.1. The monoisotopic (exact) mass is 583 g/mol. The van der Waals surface area contributed by atoms with Crippen LogP contribution in [0, 0.1) is 19.8 Å². The molecular formula is C31H38ClN3O4S. The molecule has 3 aromatic rings. The lowest BCUT2D eigenvalue weighted by molar-refractivity contribution is -0.140. The molecule has 0 aromatic heterocycles. The summed E-state index contributed by atoms with van der Waals surface area (Å²) in [7, 11) is -4.14. The van der Waals surface area contributed by atoms with Gasteiger partial charge in [0.25, 0.3) is 10.0 Å². The van der Waals surface area contributed by atoms with E-state index in [1.54, 1.807) is 37.3 Å². The molecule has 0 heterocycles. The predicted molar refractivity (Wildman–Crippen MR) is 161 cm³/mol. The molecule has 0 unspecified atom stereocenters. The van der Waals surface area contributed by atoms with E-state index in [2.05, 4.69) is 5.32 Å². The van der Waals surface area contributed by atoms with Crippen LogP contribution in [0.1, 0.15) is 43.9 Å². The van der Waals surface area contributed by atoms with Crippen molar-refractivity contribution in [3.63, 3.8) is 0 Å². The third kappa shape index (κ3) is 7.86. The summed E-state index contributed by atoms with van der Waals surface area (Å²) in [6, 6.07) is 19.9. The lowest BCUT2D eigenvalue weighted by Gasteiger charge is -2.33. The fourth-order valence-electron chi connectivity index (χ4n) is 4.37. The summed E-state index contributed by atoms with van der Waals surface area (Å²) in [6.07, 6.45) is 0.368. The Bertz CT molecular complexity index is 1410. The van der Waals surface area contributed by atoms with Crippen LogP contribution in [0.2, 0.25) is 5.02 Å². The molecule has 0 aliphatic rings. The van der Waals surface area contributed by atoms with Crippen molar-refractivity contribution in [3.05, 3.63) is 94.5 Å². The fourth-order valence-corrected chi connectivity index (χ4v) is 6.08. The number of halogens is 1. The van der Waals surface area contributed by atoms with Crippen LogP contribution in [0.25, 0.3) is 0 Å². The smallest absolute Gasteiger partial charge is 0.264 e. The van der Waals surface area contributed by atoms with Crippen molar-refractivity contribution in [2.75, 3.05) is 17.4 Å². The van der Waals surface area contributed by atoms with Gasteiger partial charge in [0.2, 0.25) is 11.8 Å². The van der Waals surface area contributed by atoms with Gasteiger partial charge in [-0.25, -0.2) is 8.42 Å². The fraction of sp³-hybridized carbons (Fsp3) is 0.355. The van der Waals surface area contributed by atoms with E-state index in [0.717, 1.165) is 15.4 Å². The summed E-state index contributed by atoms with van der Waals surface area (Å²) in [4.78, 5) is 28.9. The summed E-state index contributed by atoms with van der Waals surface area (Å²) in [5, 5.41) is 3.39. The van der Waals surface area contributed by atoms with Crippen LogP contribution in [-0.2, 0) is 26.2 Å². The molecule has 0 bridgehead atoms. The highest BCUT2D eigenvalue weighted by Crippen LogP contribution is 2.29. The molecule has 0 spiro atoms. The molecule has 9 heteroatoms. The molecule has 7 nitrogen and oxygen atoms in total. The lowest BCUT2D eigenvalue weighted by atomic mass is 10.1. The SMILES string of the molecule is CC[C@H](C(=O)NCC(C)C)N(Cc1ccccc1)C(=O)CN(c1ccc(Cl)cc1C)S(=O)(=O)c1ccc(C)cc1. The Hall–Kier alpha value is -3.36. The van der Waals surface area contributed by atoms with Crippen LogP contribution in [0.4, 0.5) is 5.69 Å². The minimum Gasteiger partial charge on any atom is -0.354 e. The predicted octanol–water partition coefficient (Wildman–Crippen LogP) is 5.73. The van der Waals surface area contributed by atoms with Crippen LogP contribution >= 0.6 is 11.6 Å². The zero-order chi connectivity index (χ0) is 29.4. The van der Waals surface area contributed by atoms with Gasteiger partial charge in [-0.1, -0.05) is 80.4 Å². The van der Waals surface area contributed by atoms with E-state index >= 15 is 0 Å². The maximum atomic E-state index is 14.1. The zero-order valence-corrected chi connectivity index (χ0v) is 25.3. The van der Waals surface area contributed by atoms with Gasteiger partial charge in [-0.3, -0.25) is 13.9 Å². The Balaban J connectivity index is 2.06. The number of rotatable bonds is 12. The molecule has 1 N–H and O–H groups in total. The van der Waals surface area contributed by atoms with Crippen molar-refractivity contribution >= 4 is 39.1 Å². The Kier molecular flexibility index (Phi) is 10.8. The first-order chi connectivity index (χ1) is 18.9. The van der Waals surface area contributed by atoms with Gasteiger partial charge in [-0.05, 0) is 67.6 Å². The van der Waals surface area contributed by atoms with Crippen LogP contribution in [0.15, 0.2) is 77.7 Å². The maximum Gasteiger partial charge on any atom is 0.264 e. The summed E-state index contributed by atoms with van der Waals surface area (Å²) < 4.78 is 29.1. The van der Waals surface area contributed by atoms with E-state index in [1.165, 1.54) is 17.0 Å². The highest BCUT2D eigenvalue weighted by molar-refractivity contribution is 7.92. The molecule has 1 atom stereocenters. The molecule has 3 aromatic carbocycles. The van der Waals surface area contributed by atoms with Gasteiger partial charge >= 0.3 is 0 Å². The van der Waals surface area contributed by atoms with Crippen molar-refractivity contribution in [1.29, 1.82) is 0 Å². The molecule has 3 rings (SSSR count). The first-order valence-corrected chi connectivity index (χ1v) is 15.2. The number of sulfonamides is 1. The number of carbonyl (C=O) groups excluding carboxylic acids is 2. The minimum atomic E-state index is -4.14.